The second kappa shape index (κ2) is 6.35. The van der Waals surface area contributed by atoms with E-state index in [1.807, 2.05) is 17.2 Å². The van der Waals surface area contributed by atoms with Gasteiger partial charge in [-0.2, -0.15) is 0 Å². The largest absolute Gasteiger partial charge is 0.472 e. The summed E-state index contributed by atoms with van der Waals surface area (Å²) >= 11 is 0. The van der Waals surface area contributed by atoms with Crippen LogP contribution >= 0.6 is 0 Å². The van der Waals surface area contributed by atoms with Crippen LogP contribution in [0.3, 0.4) is 0 Å². The number of hydrogen-bond donors (Lipinski definition) is 0. The number of pyridine rings is 1. The quantitative estimate of drug-likeness (QED) is 0.732. The summed E-state index contributed by atoms with van der Waals surface area (Å²) in [5.74, 6) is 1.87. The molecular formula is C19H22N4O2. The van der Waals surface area contributed by atoms with Crippen molar-refractivity contribution in [3.8, 4) is 0 Å². The first-order chi connectivity index (χ1) is 12.1. The standard InChI is InChI=1S/C19H22N4O2/c1-13(2)10-23-17-9-20-6-3-16(17)21-18(23)14-4-7-22(11-14)19(24)15-5-8-25-12-15/h3,5-6,8-9,12-14H,4,7,10-11H2,1-2H3. The first kappa shape index (κ1) is 15.9. The first-order valence-electron chi connectivity index (χ1n) is 8.75. The topological polar surface area (TPSA) is 64.2 Å². The van der Waals surface area contributed by atoms with Crippen LogP contribution in [0.15, 0.2) is 41.5 Å². The van der Waals surface area contributed by atoms with Gasteiger partial charge in [-0.1, -0.05) is 13.8 Å². The van der Waals surface area contributed by atoms with Crippen molar-refractivity contribution in [3.63, 3.8) is 0 Å². The van der Waals surface area contributed by atoms with Crippen LogP contribution in [0, 0.1) is 5.92 Å². The van der Waals surface area contributed by atoms with E-state index in [9.17, 15) is 4.79 Å². The van der Waals surface area contributed by atoms with Crippen LogP contribution in [-0.2, 0) is 6.54 Å². The lowest BCUT2D eigenvalue weighted by Crippen LogP contribution is -2.28. The Morgan fingerprint density at radius 1 is 1.40 bits per heavy atom. The number of hydrogen-bond acceptors (Lipinski definition) is 4. The molecule has 1 saturated heterocycles. The minimum Gasteiger partial charge on any atom is -0.472 e. The summed E-state index contributed by atoms with van der Waals surface area (Å²) in [6, 6.07) is 3.67. The highest BCUT2D eigenvalue weighted by Gasteiger charge is 2.31. The zero-order valence-electron chi connectivity index (χ0n) is 14.6. The Labute approximate surface area is 146 Å². The molecule has 1 unspecified atom stereocenters. The minimum atomic E-state index is 0.0319. The van der Waals surface area contributed by atoms with Crippen LogP contribution in [0.4, 0.5) is 0 Å². The number of aromatic nitrogens is 3. The molecule has 1 amide bonds. The number of amides is 1. The molecule has 25 heavy (non-hydrogen) atoms. The molecule has 0 aliphatic carbocycles. The highest BCUT2D eigenvalue weighted by molar-refractivity contribution is 5.94. The van der Waals surface area contributed by atoms with E-state index in [2.05, 4.69) is 23.4 Å². The van der Waals surface area contributed by atoms with E-state index in [1.165, 1.54) is 12.5 Å². The molecule has 3 aromatic heterocycles. The molecule has 1 aliphatic heterocycles. The van der Waals surface area contributed by atoms with Gasteiger partial charge in [0.2, 0.25) is 0 Å². The Morgan fingerprint density at radius 2 is 2.28 bits per heavy atom. The lowest BCUT2D eigenvalue weighted by molar-refractivity contribution is 0.0789. The third-order valence-corrected chi connectivity index (χ3v) is 4.74. The van der Waals surface area contributed by atoms with E-state index in [4.69, 9.17) is 9.40 Å². The molecule has 0 bridgehead atoms. The van der Waals surface area contributed by atoms with E-state index >= 15 is 0 Å². The summed E-state index contributed by atoms with van der Waals surface area (Å²) in [4.78, 5) is 23.6. The number of fused-ring (bicyclic) bond motifs is 1. The van der Waals surface area contributed by atoms with Crippen LogP contribution in [-0.4, -0.2) is 38.4 Å². The Kier molecular flexibility index (Phi) is 4.03. The minimum absolute atomic E-state index is 0.0319. The summed E-state index contributed by atoms with van der Waals surface area (Å²) in [7, 11) is 0. The molecule has 6 heteroatoms. The normalized spacial score (nSPS) is 17.7. The molecule has 1 atom stereocenters. The molecule has 1 fully saturated rings. The molecule has 0 N–H and O–H groups in total. The molecule has 0 radical (unpaired) electrons. The van der Waals surface area contributed by atoms with Crippen molar-refractivity contribution in [1.29, 1.82) is 0 Å². The van der Waals surface area contributed by atoms with E-state index in [0.717, 1.165) is 36.4 Å². The van der Waals surface area contributed by atoms with Gasteiger partial charge in [0.1, 0.15) is 12.1 Å². The van der Waals surface area contributed by atoms with Gasteiger partial charge in [0.15, 0.2) is 0 Å². The Hall–Kier alpha value is -2.63. The summed E-state index contributed by atoms with van der Waals surface area (Å²) in [5.41, 5.74) is 2.66. The van der Waals surface area contributed by atoms with E-state index in [-0.39, 0.29) is 11.8 Å². The van der Waals surface area contributed by atoms with E-state index < -0.39 is 0 Å². The van der Waals surface area contributed by atoms with E-state index in [1.54, 1.807) is 12.3 Å². The fraction of sp³-hybridized carbons (Fsp3) is 0.421. The zero-order valence-corrected chi connectivity index (χ0v) is 14.6. The third kappa shape index (κ3) is 2.92. The molecule has 1 aliphatic rings. The maximum Gasteiger partial charge on any atom is 0.257 e. The molecule has 4 heterocycles. The van der Waals surface area contributed by atoms with Gasteiger partial charge >= 0.3 is 0 Å². The van der Waals surface area contributed by atoms with Crippen LogP contribution in [0.5, 0.6) is 0 Å². The van der Waals surface area contributed by atoms with Crippen molar-refractivity contribution in [3.05, 3.63) is 48.4 Å². The number of imidazole rings is 1. The highest BCUT2D eigenvalue weighted by Crippen LogP contribution is 2.30. The van der Waals surface area contributed by atoms with Gasteiger partial charge in [0.05, 0.1) is 29.1 Å². The van der Waals surface area contributed by atoms with Crippen molar-refractivity contribution in [2.75, 3.05) is 13.1 Å². The summed E-state index contributed by atoms with van der Waals surface area (Å²) in [6.45, 7) is 6.76. The molecule has 6 nitrogen and oxygen atoms in total. The van der Waals surface area contributed by atoms with Crippen LogP contribution in [0.2, 0.25) is 0 Å². The number of furan rings is 1. The third-order valence-electron chi connectivity index (χ3n) is 4.74. The zero-order chi connectivity index (χ0) is 17.4. The molecule has 4 rings (SSSR count). The number of carbonyl (C=O) groups excluding carboxylic acids is 1. The molecular weight excluding hydrogens is 316 g/mol. The van der Waals surface area contributed by atoms with Gasteiger partial charge in [-0.25, -0.2) is 4.98 Å². The maximum atomic E-state index is 12.5. The molecule has 130 valence electrons. The average Bonchev–Trinajstić information content (AvgIpc) is 3.34. The van der Waals surface area contributed by atoms with Crippen molar-refractivity contribution in [2.24, 2.45) is 5.92 Å². The smallest absolute Gasteiger partial charge is 0.257 e. The number of rotatable bonds is 4. The first-order valence-corrected chi connectivity index (χ1v) is 8.75. The molecule has 3 aromatic rings. The lowest BCUT2D eigenvalue weighted by Gasteiger charge is -2.17. The fourth-order valence-corrected chi connectivity index (χ4v) is 3.58. The Bertz CT molecular complexity index is 882. The lowest BCUT2D eigenvalue weighted by atomic mass is 10.1. The highest BCUT2D eigenvalue weighted by atomic mass is 16.3. The van der Waals surface area contributed by atoms with Crippen LogP contribution in [0.1, 0.15) is 42.4 Å². The predicted octanol–water partition coefficient (Wildman–Crippen LogP) is 3.31. The van der Waals surface area contributed by atoms with Crippen molar-refractivity contribution in [1.82, 2.24) is 19.4 Å². The maximum absolute atomic E-state index is 12.5. The van der Waals surface area contributed by atoms with Gasteiger partial charge in [0, 0.05) is 31.7 Å². The number of carbonyl (C=O) groups is 1. The average molecular weight is 338 g/mol. The Morgan fingerprint density at radius 3 is 3.04 bits per heavy atom. The second-order valence-corrected chi connectivity index (χ2v) is 7.09. The second-order valence-electron chi connectivity index (χ2n) is 7.09. The summed E-state index contributed by atoms with van der Waals surface area (Å²) in [6.07, 6.45) is 7.64. The van der Waals surface area contributed by atoms with Gasteiger partial charge in [-0.15, -0.1) is 0 Å². The summed E-state index contributed by atoms with van der Waals surface area (Å²) in [5, 5.41) is 0. The fourth-order valence-electron chi connectivity index (χ4n) is 3.58. The number of nitrogens with zero attached hydrogens (tertiary/aromatic N) is 4. The van der Waals surface area contributed by atoms with Gasteiger partial charge in [0.25, 0.3) is 5.91 Å². The SMILES string of the molecule is CC(C)Cn1c(C2CCN(C(=O)c3ccoc3)C2)nc2ccncc21. The van der Waals surface area contributed by atoms with Gasteiger partial charge < -0.3 is 13.9 Å². The molecule has 0 spiro atoms. The predicted molar refractivity (Wildman–Crippen MR) is 94.3 cm³/mol. The van der Waals surface area contributed by atoms with Crippen LogP contribution in [0.25, 0.3) is 11.0 Å². The van der Waals surface area contributed by atoms with Crippen molar-refractivity contribution >= 4 is 16.9 Å². The van der Waals surface area contributed by atoms with Crippen molar-refractivity contribution < 1.29 is 9.21 Å². The van der Waals surface area contributed by atoms with Gasteiger partial charge in [-0.3, -0.25) is 9.78 Å². The molecule has 0 aromatic carbocycles. The van der Waals surface area contributed by atoms with Crippen LogP contribution < -0.4 is 0 Å². The van der Waals surface area contributed by atoms with E-state index in [0.29, 0.717) is 18.0 Å². The monoisotopic (exact) mass is 338 g/mol. The molecule has 0 saturated carbocycles. The number of likely N-dealkylation sites (tertiary alicyclic amines) is 1. The van der Waals surface area contributed by atoms with Crippen molar-refractivity contribution in [2.45, 2.75) is 32.7 Å². The Balaban J connectivity index is 1.63. The van der Waals surface area contributed by atoms with Gasteiger partial charge in [-0.05, 0) is 24.5 Å². The summed E-state index contributed by atoms with van der Waals surface area (Å²) < 4.78 is 7.32.